The number of hydrogen-bond donors (Lipinski definition) is 2. The molecule has 0 saturated heterocycles. The van der Waals surface area contributed by atoms with E-state index >= 15 is 0 Å². The summed E-state index contributed by atoms with van der Waals surface area (Å²) in [5.74, 6) is 0. The third kappa shape index (κ3) is 14.7. The molecule has 0 aliphatic rings. The first-order chi connectivity index (χ1) is 11.8. The maximum absolute atomic E-state index is 10.9. The van der Waals surface area contributed by atoms with Gasteiger partial charge in [0.2, 0.25) is 0 Å². The second kappa shape index (κ2) is 15.0. The van der Waals surface area contributed by atoms with Crippen LogP contribution in [0.2, 0.25) is 0 Å². The summed E-state index contributed by atoms with van der Waals surface area (Å²) in [7, 11) is -4.37. The molecule has 0 saturated carbocycles. The molecule has 0 heterocycles. The Balaban J connectivity index is 3.25. The standard InChI is InChI=1S/C20H42O4S/c1-3-4-5-6-7-8-9-10-11-12-13-14-15-16-17-18-19-20(2,21)25(22,23)24/h21H,3-19H2,1-2H3,(H,22,23,24). The largest absolute Gasteiger partial charge is 0.373 e. The van der Waals surface area contributed by atoms with Crippen LogP contribution >= 0.6 is 0 Å². The maximum atomic E-state index is 10.9. The smallest absolute Gasteiger partial charge is 0.294 e. The van der Waals surface area contributed by atoms with Gasteiger partial charge in [-0.05, 0) is 19.8 Å². The van der Waals surface area contributed by atoms with Crippen molar-refractivity contribution in [2.45, 2.75) is 128 Å². The Bertz CT molecular complexity index is 391. The number of aliphatic hydroxyl groups is 1. The Labute approximate surface area is 156 Å². The molecule has 0 aromatic rings. The van der Waals surface area contributed by atoms with Gasteiger partial charge in [0.25, 0.3) is 10.1 Å². The molecule has 0 aliphatic heterocycles. The maximum Gasteiger partial charge on any atom is 0.294 e. The van der Waals surface area contributed by atoms with Crippen molar-refractivity contribution in [1.82, 2.24) is 0 Å². The lowest BCUT2D eigenvalue weighted by Gasteiger charge is -2.19. The topological polar surface area (TPSA) is 74.6 Å². The van der Waals surface area contributed by atoms with Crippen LogP contribution in [0, 0.1) is 0 Å². The fourth-order valence-corrected chi connectivity index (χ4v) is 3.53. The molecule has 152 valence electrons. The first kappa shape index (κ1) is 24.9. The molecule has 0 aromatic heterocycles. The van der Waals surface area contributed by atoms with E-state index in [2.05, 4.69) is 6.92 Å². The summed E-state index contributed by atoms with van der Waals surface area (Å²) in [6.45, 7) is 3.42. The molecule has 25 heavy (non-hydrogen) atoms. The summed E-state index contributed by atoms with van der Waals surface area (Å²) in [4.78, 5) is -2.00. The fraction of sp³-hybridized carbons (Fsp3) is 1.00. The van der Waals surface area contributed by atoms with E-state index in [-0.39, 0.29) is 6.42 Å². The number of unbranched alkanes of at least 4 members (excludes halogenated alkanes) is 15. The van der Waals surface area contributed by atoms with Gasteiger partial charge in [-0.25, -0.2) is 0 Å². The van der Waals surface area contributed by atoms with Crippen molar-refractivity contribution < 1.29 is 18.1 Å². The minimum absolute atomic E-state index is 0.101. The summed E-state index contributed by atoms with van der Waals surface area (Å²) in [6.07, 6.45) is 20.2. The molecule has 0 amide bonds. The highest BCUT2D eigenvalue weighted by Crippen LogP contribution is 2.21. The molecule has 1 atom stereocenters. The summed E-state index contributed by atoms with van der Waals surface area (Å²) < 4.78 is 30.8. The van der Waals surface area contributed by atoms with Gasteiger partial charge >= 0.3 is 0 Å². The van der Waals surface area contributed by atoms with Crippen LogP contribution in [-0.2, 0) is 10.1 Å². The van der Waals surface area contributed by atoms with E-state index in [1.807, 2.05) is 0 Å². The SMILES string of the molecule is CCCCCCCCCCCCCCCCCCC(C)(O)S(=O)(=O)O. The van der Waals surface area contributed by atoms with Crippen molar-refractivity contribution in [2.24, 2.45) is 0 Å². The summed E-state index contributed by atoms with van der Waals surface area (Å²) in [6, 6.07) is 0. The molecule has 0 spiro atoms. The minimum Gasteiger partial charge on any atom is -0.373 e. The molecule has 0 fully saturated rings. The minimum atomic E-state index is -4.37. The zero-order valence-corrected chi connectivity index (χ0v) is 17.5. The van der Waals surface area contributed by atoms with Gasteiger partial charge < -0.3 is 5.11 Å². The van der Waals surface area contributed by atoms with Crippen LogP contribution in [0.25, 0.3) is 0 Å². The Morgan fingerprint density at radius 2 is 0.920 bits per heavy atom. The van der Waals surface area contributed by atoms with Gasteiger partial charge in [0, 0.05) is 0 Å². The monoisotopic (exact) mass is 378 g/mol. The number of hydrogen-bond acceptors (Lipinski definition) is 3. The molecule has 0 aliphatic carbocycles. The summed E-state index contributed by atoms with van der Waals surface area (Å²) in [5.41, 5.74) is 0. The first-order valence-electron chi connectivity index (χ1n) is 10.5. The normalized spacial score (nSPS) is 14.6. The molecule has 4 nitrogen and oxygen atoms in total. The van der Waals surface area contributed by atoms with Gasteiger partial charge in [0.1, 0.15) is 0 Å². The fourth-order valence-electron chi connectivity index (χ4n) is 3.13. The molecule has 0 bridgehead atoms. The lowest BCUT2D eigenvalue weighted by Crippen LogP contribution is -2.34. The Morgan fingerprint density at radius 3 is 1.20 bits per heavy atom. The predicted molar refractivity (Wildman–Crippen MR) is 106 cm³/mol. The lowest BCUT2D eigenvalue weighted by atomic mass is 10.0. The van der Waals surface area contributed by atoms with Gasteiger partial charge in [0.05, 0.1) is 0 Å². The molecule has 0 aromatic carbocycles. The third-order valence-corrected chi connectivity index (χ3v) is 6.37. The van der Waals surface area contributed by atoms with Gasteiger partial charge in [-0.3, -0.25) is 4.55 Å². The van der Waals surface area contributed by atoms with Gasteiger partial charge in [0.15, 0.2) is 4.93 Å². The van der Waals surface area contributed by atoms with E-state index in [1.54, 1.807) is 0 Å². The Morgan fingerprint density at radius 1 is 0.640 bits per heavy atom. The highest BCUT2D eigenvalue weighted by Gasteiger charge is 2.34. The molecule has 2 N–H and O–H groups in total. The third-order valence-electron chi connectivity index (χ3n) is 5.05. The van der Waals surface area contributed by atoms with Crippen molar-refractivity contribution in [3.8, 4) is 0 Å². The van der Waals surface area contributed by atoms with Crippen molar-refractivity contribution in [3.63, 3.8) is 0 Å². The first-order valence-corrected chi connectivity index (χ1v) is 11.9. The number of rotatable bonds is 18. The van der Waals surface area contributed by atoms with Crippen molar-refractivity contribution in [2.75, 3.05) is 0 Å². The predicted octanol–water partition coefficient (Wildman–Crippen LogP) is 6.23. The van der Waals surface area contributed by atoms with Crippen LogP contribution in [0.5, 0.6) is 0 Å². The van der Waals surface area contributed by atoms with E-state index in [9.17, 15) is 13.5 Å². The van der Waals surface area contributed by atoms with E-state index in [4.69, 9.17) is 4.55 Å². The van der Waals surface area contributed by atoms with Crippen LogP contribution in [0.15, 0.2) is 0 Å². The second-order valence-corrected chi connectivity index (χ2v) is 9.53. The zero-order chi connectivity index (χ0) is 19.0. The van der Waals surface area contributed by atoms with E-state index in [0.29, 0.717) is 6.42 Å². The highest BCUT2D eigenvalue weighted by atomic mass is 32.2. The zero-order valence-electron chi connectivity index (χ0n) is 16.6. The van der Waals surface area contributed by atoms with Crippen LogP contribution < -0.4 is 0 Å². The Kier molecular flexibility index (Phi) is 14.9. The van der Waals surface area contributed by atoms with Crippen molar-refractivity contribution in [3.05, 3.63) is 0 Å². The Hall–Kier alpha value is -0.130. The van der Waals surface area contributed by atoms with Gasteiger partial charge in [-0.15, -0.1) is 0 Å². The highest BCUT2D eigenvalue weighted by molar-refractivity contribution is 7.87. The lowest BCUT2D eigenvalue weighted by molar-refractivity contribution is 0.119. The molecule has 0 rings (SSSR count). The summed E-state index contributed by atoms with van der Waals surface area (Å²) >= 11 is 0. The quantitative estimate of drug-likeness (QED) is 0.219. The molecular formula is C20H42O4S. The van der Waals surface area contributed by atoms with Crippen LogP contribution in [0.3, 0.4) is 0 Å². The molecule has 0 radical (unpaired) electrons. The second-order valence-electron chi connectivity index (χ2n) is 7.70. The summed E-state index contributed by atoms with van der Waals surface area (Å²) in [5, 5.41) is 9.63. The van der Waals surface area contributed by atoms with Crippen molar-refractivity contribution >= 4 is 10.1 Å². The van der Waals surface area contributed by atoms with E-state index in [0.717, 1.165) is 19.8 Å². The van der Waals surface area contributed by atoms with Crippen molar-refractivity contribution in [1.29, 1.82) is 0 Å². The van der Waals surface area contributed by atoms with Gasteiger partial charge in [-0.2, -0.15) is 8.42 Å². The molecule has 1 unspecified atom stereocenters. The molecular weight excluding hydrogens is 336 g/mol. The average Bonchev–Trinajstić information content (AvgIpc) is 2.53. The molecule has 5 heteroatoms. The average molecular weight is 379 g/mol. The van der Waals surface area contributed by atoms with E-state index < -0.39 is 15.1 Å². The van der Waals surface area contributed by atoms with E-state index in [1.165, 1.54) is 83.5 Å². The van der Waals surface area contributed by atoms with Gasteiger partial charge in [-0.1, -0.05) is 103 Å². The van der Waals surface area contributed by atoms with Crippen LogP contribution in [0.1, 0.15) is 123 Å². The van der Waals surface area contributed by atoms with Crippen LogP contribution in [0.4, 0.5) is 0 Å². The van der Waals surface area contributed by atoms with Crippen LogP contribution in [-0.4, -0.2) is 23.0 Å².